The van der Waals surface area contributed by atoms with E-state index in [2.05, 4.69) is 27.4 Å². The van der Waals surface area contributed by atoms with E-state index < -0.39 is 0 Å². The van der Waals surface area contributed by atoms with Crippen LogP contribution in [-0.2, 0) is 4.79 Å². The third kappa shape index (κ3) is 5.40. The SMILES string of the molecule is Cc1ccc(OCCC(=O)NC(c2nc(-c3ccncc3)no2)C(C)C)cc1C. The number of nitrogens with one attached hydrogen (secondary N) is 1. The molecule has 0 bridgehead atoms. The molecule has 0 fully saturated rings. The minimum Gasteiger partial charge on any atom is -0.493 e. The molecule has 1 amide bonds. The lowest BCUT2D eigenvalue weighted by Gasteiger charge is -2.18. The molecule has 1 unspecified atom stereocenters. The molecule has 0 aliphatic carbocycles. The fourth-order valence-electron chi connectivity index (χ4n) is 2.80. The molecule has 0 spiro atoms. The van der Waals surface area contributed by atoms with Crippen LogP contribution < -0.4 is 10.1 Å². The molecular formula is C22H26N4O3. The van der Waals surface area contributed by atoms with E-state index in [9.17, 15) is 4.79 Å². The molecule has 0 radical (unpaired) electrons. The molecule has 2 aromatic heterocycles. The van der Waals surface area contributed by atoms with Gasteiger partial charge in [-0.15, -0.1) is 0 Å². The Labute approximate surface area is 170 Å². The van der Waals surface area contributed by atoms with Crippen LogP contribution in [0.2, 0.25) is 0 Å². The number of carbonyl (C=O) groups is 1. The number of hydrogen-bond donors (Lipinski definition) is 1. The van der Waals surface area contributed by atoms with E-state index in [1.807, 2.05) is 51.1 Å². The summed E-state index contributed by atoms with van der Waals surface area (Å²) in [5, 5.41) is 7.00. The summed E-state index contributed by atoms with van der Waals surface area (Å²) >= 11 is 0. The molecule has 29 heavy (non-hydrogen) atoms. The first-order valence-corrected chi connectivity index (χ1v) is 9.67. The van der Waals surface area contributed by atoms with Crippen LogP contribution in [0.1, 0.15) is 43.3 Å². The van der Waals surface area contributed by atoms with Gasteiger partial charge in [0.15, 0.2) is 0 Å². The van der Waals surface area contributed by atoms with Crippen molar-refractivity contribution in [1.82, 2.24) is 20.4 Å². The summed E-state index contributed by atoms with van der Waals surface area (Å²) in [5.74, 6) is 1.58. The van der Waals surface area contributed by atoms with Crippen molar-refractivity contribution in [3.8, 4) is 17.1 Å². The highest BCUT2D eigenvalue weighted by molar-refractivity contribution is 5.76. The first-order valence-electron chi connectivity index (χ1n) is 9.67. The highest BCUT2D eigenvalue weighted by Crippen LogP contribution is 2.23. The minimum absolute atomic E-state index is 0.0883. The summed E-state index contributed by atoms with van der Waals surface area (Å²) in [5.41, 5.74) is 3.18. The van der Waals surface area contributed by atoms with Gasteiger partial charge in [-0.1, -0.05) is 25.1 Å². The fraction of sp³-hybridized carbons (Fsp3) is 0.364. The quantitative estimate of drug-likeness (QED) is 0.620. The Morgan fingerprint density at radius 2 is 1.90 bits per heavy atom. The molecule has 0 aliphatic rings. The molecule has 0 aliphatic heterocycles. The average Bonchev–Trinajstić information content (AvgIpc) is 3.19. The van der Waals surface area contributed by atoms with Crippen LogP contribution in [0.5, 0.6) is 5.75 Å². The second-order valence-electron chi connectivity index (χ2n) is 7.33. The largest absolute Gasteiger partial charge is 0.493 e. The summed E-state index contributed by atoms with van der Waals surface area (Å²) < 4.78 is 11.1. The number of ether oxygens (including phenoxy) is 1. The lowest BCUT2D eigenvalue weighted by atomic mass is 10.0. The van der Waals surface area contributed by atoms with E-state index in [0.29, 0.717) is 18.3 Å². The Balaban J connectivity index is 1.58. The van der Waals surface area contributed by atoms with E-state index >= 15 is 0 Å². The molecule has 1 N–H and O–H groups in total. The standard InChI is InChI=1S/C22H26N4O3/c1-14(2)20(22-25-21(26-29-22)17-7-10-23-11-8-17)24-19(27)9-12-28-18-6-5-15(3)16(4)13-18/h5-8,10-11,13-14,20H,9,12H2,1-4H3,(H,24,27). The van der Waals surface area contributed by atoms with Crippen LogP contribution >= 0.6 is 0 Å². The van der Waals surface area contributed by atoms with Crippen molar-refractivity contribution in [3.63, 3.8) is 0 Å². The zero-order valence-corrected chi connectivity index (χ0v) is 17.2. The average molecular weight is 394 g/mol. The van der Waals surface area contributed by atoms with Crippen LogP contribution in [0.25, 0.3) is 11.4 Å². The first-order chi connectivity index (χ1) is 13.9. The maximum Gasteiger partial charge on any atom is 0.249 e. The number of rotatable bonds is 8. The maximum absolute atomic E-state index is 12.4. The highest BCUT2D eigenvalue weighted by Gasteiger charge is 2.24. The van der Waals surface area contributed by atoms with Gasteiger partial charge >= 0.3 is 0 Å². The van der Waals surface area contributed by atoms with Crippen molar-refractivity contribution >= 4 is 5.91 Å². The molecule has 1 atom stereocenters. The molecule has 0 saturated heterocycles. The Bertz CT molecular complexity index is 954. The van der Waals surface area contributed by atoms with Crippen molar-refractivity contribution in [2.75, 3.05) is 6.61 Å². The van der Waals surface area contributed by atoms with Crippen LogP contribution in [0.15, 0.2) is 47.2 Å². The number of benzene rings is 1. The third-order valence-electron chi connectivity index (χ3n) is 4.71. The van der Waals surface area contributed by atoms with Gasteiger partial charge in [-0.05, 0) is 55.2 Å². The summed E-state index contributed by atoms with van der Waals surface area (Å²) in [7, 11) is 0. The van der Waals surface area contributed by atoms with Gasteiger partial charge < -0.3 is 14.6 Å². The van der Waals surface area contributed by atoms with E-state index in [1.54, 1.807) is 12.4 Å². The Kier molecular flexibility index (Phi) is 6.59. The maximum atomic E-state index is 12.4. The zero-order chi connectivity index (χ0) is 20.8. The second kappa shape index (κ2) is 9.32. The number of carbonyl (C=O) groups excluding carboxylic acids is 1. The Morgan fingerprint density at radius 3 is 2.59 bits per heavy atom. The molecule has 0 saturated carbocycles. The van der Waals surface area contributed by atoms with Crippen LogP contribution in [-0.4, -0.2) is 27.6 Å². The Hall–Kier alpha value is -3.22. The summed E-state index contributed by atoms with van der Waals surface area (Å²) in [6.07, 6.45) is 3.58. The number of aromatic nitrogens is 3. The van der Waals surface area contributed by atoms with Crippen LogP contribution in [0.4, 0.5) is 0 Å². The van der Waals surface area contributed by atoms with Gasteiger partial charge in [0.05, 0.1) is 13.0 Å². The topological polar surface area (TPSA) is 90.1 Å². The summed E-state index contributed by atoms with van der Waals surface area (Å²) in [6, 6.07) is 9.14. The molecule has 1 aromatic carbocycles. The minimum atomic E-state index is -0.368. The van der Waals surface area contributed by atoms with Crippen LogP contribution in [0, 0.1) is 19.8 Å². The molecular weight excluding hydrogens is 368 g/mol. The molecule has 152 valence electrons. The smallest absolute Gasteiger partial charge is 0.249 e. The second-order valence-corrected chi connectivity index (χ2v) is 7.33. The van der Waals surface area contributed by atoms with Crippen molar-refractivity contribution < 1.29 is 14.1 Å². The monoisotopic (exact) mass is 394 g/mol. The van der Waals surface area contributed by atoms with Crippen molar-refractivity contribution in [2.45, 2.75) is 40.2 Å². The summed E-state index contributed by atoms with van der Waals surface area (Å²) in [6.45, 7) is 8.37. The predicted octanol–water partition coefficient (Wildman–Crippen LogP) is 4.03. The third-order valence-corrected chi connectivity index (χ3v) is 4.71. The lowest BCUT2D eigenvalue weighted by Crippen LogP contribution is -2.32. The zero-order valence-electron chi connectivity index (χ0n) is 17.2. The van der Waals surface area contributed by atoms with Gasteiger partial charge in [0.1, 0.15) is 11.8 Å². The molecule has 3 aromatic rings. The van der Waals surface area contributed by atoms with Gasteiger partial charge in [0.25, 0.3) is 0 Å². The summed E-state index contributed by atoms with van der Waals surface area (Å²) in [4.78, 5) is 20.9. The first kappa shape index (κ1) is 20.5. The van der Waals surface area contributed by atoms with E-state index in [0.717, 1.165) is 16.9 Å². The van der Waals surface area contributed by atoms with Gasteiger partial charge in [0.2, 0.25) is 17.6 Å². The normalized spacial score (nSPS) is 12.0. The number of nitrogens with zero attached hydrogens (tertiary/aromatic N) is 3. The number of hydrogen-bond acceptors (Lipinski definition) is 6. The number of aryl methyl sites for hydroxylation is 2. The molecule has 3 rings (SSSR count). The Morgan fingerprint density at radius 1 is 1.14 bits per heavy atom. The lowest BCUT2D eigenvalue weighted by molar-refractivity contribution is -0.122. The van der Waals surface area contributed by atoms with Crippen molar-refractivity contribution in [3.05, 3.63) is 59.7 Å². The van der Waals surface area contributed by atoms with E-state index in [-0.39, 0.29) is 24.3 Å². The van der Waals surface area contributed by atoms with Gasteiger partial charge in [-0.3, -0.25) is 9.78 Å². The van der Waals surface area contributed by atoms with Crippen LogP contribution in [0.3, 0.4) is 0 Å². The molecule has 2 heterocycles. The highest BCUT2D eigenvalue weighted by atomic mass is 16.5. The predicted molar refractivity (Wildman–Crippen MR) is 109 cm³/mol. The van der Waals surface area contributed by atoms with E-state index in [4.69, 9.17) is 9.26 Å². The molecule has 7 nitrogen and oxygen atoms in total. The van der Waals surface area contributed by atoms with Crippen molar-refractivity contribution in [1.29, 1.82) is 0 Å². The van der Waals surface area contributed by atoms with Gasteiger partial charge in [-0.2, -0.15) is 4.98 Å². The number of amides is 1. The van der Waals surface area contributed by atoms with Gasteiger partial charge in [0, 0.05) is 18.0 Å². The fourth-order valence-corrected chi connectivity index (χ4v) is 2.80. The van der Waals surface area contributed by atoms with E-state index in [1.165, 1.54) is 5.56 Å². The van der Waals surface area contributed by atoms with Crippen molar-refractivity contribution in [2.24, 2.45) is 5.92 Å². The number of pyridine rings is 1. The molecule has 7 heteroatoms. The van der Waals surface area contributed by atoms with Gasteiger partial charge in [-0.25, -0.2) is 0 Å².